The molecule has 0 aromatic heterocycles. The molecule has 0 aliphatic heterocycles. The highest BCUT2D eigenvalue weighted by atomic mass is 16.5. The average Bonchev–Trinajstić information content (AvgIpc) is 2.50. The van der Waals surface area contributed by atoms with Crippen molar-refractivity contribution in [1.29, 1.82) is 0 Å². The molecule has 1 N–H and O–H groups in total. The smallest absolute Gasteiger partial charge is 0.247 e. The fraction of sp³-hybridized carbons (Fsp3) is 0.250. The van der Waals surface area contributed by atoms with Crippen LogP contribution in [-0.4, -0.2) is 19.6 Å². The van der Waals surface area contributed by atoms with Crippen molar-refractivity contribution in [3.8, 4) is 0 Å². The normalized spacial score (nSPS) is 14.7. The van der Waals surface area contributed by atoms with Crippen molar-refractivity contribution in [2.24, 2.45) is 0 Å². The summed E-state index contributed by atoms with van der Waals surface area (Å²) >= 11 is 0. The lowest BCUT2D eigenvalue weighted by Crippen LogP contribution is -2.24. The summed E-state index contributed by atoms with van der Waals surface area (Å²) in [7, 11) is 1.60. The lowest BCUT2D eigenvalue weighted by Gasteiger charge is -2.03. The first-order valence-electron chi connectivity index (χ1n) is 4.78. The molecule has 0 atom stereocenters. The molecular weight excluding hydrogens is 190 g/mol. The van der Waals surface area contributed by atoms with E-state index in [1.54, 1.807) is 25.3 Å². The number of amides is 1. The summed E-state index contributed by atoms with van der Waals surface area (Å²) in [5.74, 6) is 0.690. The predicted molar refractivity (Wildman–Crippen MR) is 60.1 cm³/mol. The highest BCUT2D eigenvalue weighted by Crippen LogP contribution is 2.11. The van der Waals surface area contributed by atoms with Gasteiger partial charge in [0.15, 0.2) is 0 Å². The average molecular weight is 205 g/mol. The molecule has 0 saturated carbocycles. The van der Waals surface area contributed by atoms with Crippen LogP contribution in [0.2, 0.25) is 0 Å². The van der Waals surface area contributed by atoms with Crippen LogP contribution in [0, 0.1) is 0 Å². The molecule has 0 aromatic carbocycles. The van der Waals surface area contributed by atoms with Crippen LogP contribution in [0.3, 0.4) is 0 Å². The minimum absolute atomic E-state index is 0.0619. The first kappa shape index (κ1) is 11.3. The lowest BCUT2D eigenvalue weighted by atomic mass is 10.1. The minimum Gasteiger partial charge on any atom is -0.497 e. The summed E-state index contributed by atoms with van der Waals surface area (Å²) in [5, 5.41) is 2.73. The molecule has 1 aliphatic carbocycles. The van der Waals surface area contributed by atoms with E-state index in [0.29, 0.717) is 13.0 Å². The molecular formula is C12H15NO2. The van der Waals surface area contributed by atoms with Crippen molar-refractivity contribution in [2.45, 2.75) is 6.42 Å². The summed E-state index contributed by atoms with van der Waals surface area (Å²) in [4.78, 5) is 11.6. The number of hydrogen-bond donors (Lipinski definition) is 1. The van der Waals surface area contributed by atoms with Gasteiger partial charge in [-0.3, -0.25) is 4.79 Å². The van der Waals surface area contributed by atoms with E-state index < -0.39 is 0 Å². The first-order valence-corrected chi connectivity index (χ1v) is 4.78. The zero-order valence-corrected chi connectivity index (χ0v) is 8.82. The number of ether oxygens (including phenoxy) is 1. The minimum atomic E-state index is -0.0619. The molecule has 0 bridgehead atoms. The monoisotopic (exact) mass is 205 g/mol. The van der Waals surface area contributed by atoms with Gasteiger partial charge in [0.2, 0.25) is 5.91 Å². The molecule has 0 fully saturated rings. The Hall–Kier alpha value is -1.77. The Labute approximate surface area is 89.8 Å². The Balaban J connectivity index is 2.67. The van der Waals surface area contributed by atoms with Crippen LogP contribution in [0.15, 0.2) is 48.3 Å². The Bertz CT molecular complexity index is 338. The molecule has 1 rings (SSSR count). The number of carbonyl (C=O) groups excluding carboxylic acids is 1. The second-order valence-electron chi connectivity index (χ2n) is 3.07. The maximum Gasteiger partial charge on any atom is 0.247 e. The summed E-state index contributed by atoms with van der Waals surface area (Å²) in [6.45, 7) is 4.03. The summed E-state index contributed by atoms with van der Waals surface area (Å²) in [6.07, 6.45) is 9.59. The van der Waals surface area contributed by atoms with Crippen LogP contribution >= 0.6 is 0 Å². The topological polar surface area (TPSA) is 38.3 Å². The third kappa shape index (κ3) is 3.46. The summed E-state index contributed by atoms with van der Waals surface area (Å²) < 4.78 is 5.06. The van der Waals surface area contributed by atoms with Crippen LogP contribution in [-0.2, 0) is 9.53 Å². The number of carbonyl (C=O) groups is 1. The zero-order chi connectivity index (χ0) is 11.1. The van der Waals surface area contributed by atoms with Gasteiger partial charge in [0, 0.05) is 12.1 Å². The fourth-order valence-electron chi connectivity index (χ4n) is 1.19. The molecule has 0 saturated heterocycles. The van der Waals surface area contributed by atoms with E-state index in [4.69, 9.17) is 4.74 Å². The van der Waals surface area contributed by atoms with Crippen molar-refractivity contribution in [3.63, 3.8) is 0 Å². The predicted octanol–water partition coefficient (Wildman–Crippen LogP) is 1.71. The van der Waals surface area contributed by atoms with Crippen LogP contribution in [0.25, 0.3) is 0 Å². The van der Waals surface area contributed by atoms with E-state index in [1.807, 2.05) is 12.2 Å². The molecule has 0 unspecified atom stereocenters. The van der Waals surface area contributed by atoms with Crippen molar-refractivity contribution >= 4 is 5.91 Å². The van der Waals surface area contributed by atoms with Gasteiger partial charge in [0.05, 0.1) is 7.11 Å². The van der Waals surface area contributed by atoms with Gasteiger partial charge in [0.25, 0.3) is 0 Å². The van der Waals surface area contributed by atoms with Crippen molar-refractivity contribution in [1.82, 2.24) is 5.32 Å². The van der Waals surface area contributed by atoms with Crippen LogP contribution in [0.4, 0.5) is 0 Å². The van der Waals surface area contributed by atoms with E-state index in [2.05, 4.69) is 11.9 Å². The number of methoxy groups -OCH3 is 1. The Morgan fingerprint density at radius 1 is 1.67 bits per heavy atom. The van der Waals surface area contributed by atoms with Crippen molar-refractivity contribution in [3.05, 3.63) is 48.3 Å². The zero-order valence-electron chi connectivity index (χ0n) is 8.82. The molecule has 3 nitrogen and oxygen atoms in total. The molecule has 0 heterocycles. The number of rotatable bonds is 4. The molecule has 3 heteroatoms. The Morgan fingerprint density at radius 2 is 2.47 bits per heavy atom. The van der Waals surface area contributed by atoms with Gasteiger partial charge in [-0.1, -0.05) is 12.2 Å². The second kappa shape index (κ2) is 5.86. The van der Waals surface area contributed by atoms with E-state index in [1.165, 1.54) is 0 Å². The van der Waals surface area contributed by atoms with Gasteiger partial charge in [-0.05, 0) is 24.6 Å². The molecule has 0 aromatic rings. The van der Waals surface area contributed by atoms with Crippen molar-refractivity contribution < 1.29 is 9.53 Å². The van der Waals surface area contributed by atoms with Gasteiger partial charge in [-0.25, -0.2) is 0 Å². The number of nitrogens with one attached hydrogen (secondary N) is 1. The molecule has 80 valence electrons. The summed E-state index contributed by atoms with van der Waals surface area (Å²) in [6, 6.07) is 0. The van der Waals surface area contributed by atoms with Gasteiger partial charge in [0.1, 0.15) is 5.76 Å². The molecule has 15 heavy (non-hydrogen) atoms. The lowest BCUT2D eigenvalue weighted by molar-refractivity contribution is -0.117. The number of allylic oxidation sites excluding steroid dienone is 4. The second-order valence-corrected chi connectivity index (χ2v) is 3.07. The Morgan fingerprint density at radius 3 is 3.13 bits per heavy atom. The van der Waals surface area contributed by atoms with E-state index in [0.717, 1.165) is 11.3 Å². The third-order valence-corrected chi connectivity index (χ3v) is 2.00. The van der Waals surface area contributed by atoms with E-state index in [9.17, 15) is 4.79 Å². The quantitative estimate of drug-likeness (QED) is 0.709. The van der Waals surface area contributed by atoms with Crippen LogP contribution < -0.4 is 5.32 Å². The van der Waals surface area contributed by atoms with Gasteiger partial charge < -0.3 is 10.1 Å². The maximum atomic E-state index is 11.6. The standard InChI is InChI=1S/C12H15NO2/c1-3-9-13-12(14)10-5-4-6-11(15-2)8-7-10/h3-4,6-8H,1,5,9H2,2H3,(H,13,14). The summed E-state index contributed by atoms with van der Waals surface area (Å²) in [5.41, 5.74) is 0.722. The largest absolute Gasteiger partial charge is 0.497 e. The van der Waals surface area contributed by atoms with E-state index >= 15 is 0 Å². The first-order chi connectivity index (χ1) is 7.27. The van der Waals surface area contributed by atoms with Crippen LogP contribution in [0.1, 0.15) is 6.42 Å². The molecule has 1 amide bonds. The fourth-order valence-corrected chi connectivity index (χ4v) is 1.19. The molecule has 0 spiro atoms. The molecule has 1 aliphatic rings. The SMILES string of the molecule is C=CCNC(=O)C1=CC=C(OC)C=CC1. The van der Waals surface area contributed by atoms with Gasteiger partial charge in [-0.2, -0.15) is 0 Å². The van der Waals surface area contributed by atoms with Gasteiger partial charge in [-0.15, -0.1) is 6.58 Å². The van der Waals surface area contributed by atoms with E-state index in [-0.39, 0.29) is 5.91 Å². The Kier molecular flexibility index (Phi) is 4.41. The van der Waals surface area contributed by atoms with Crippen LogP contribution in [0.5, 0.6) is 0 Å². The van der Waals surface area contributed by atoms with Crippen molar-refractivity contribution in [2.75, 3.05) is 13.7 Å². The van der Waals surface area contributed by atoms with Gasteiger partial charge >= 0.3 is 0 Å². The highest BCUT2D eigenvalue weighted by molar-refractivity contribution is 5.94. The maximum absolute atomic E-state index is 11.6. The number of hydrogen-bond acceptors (Lipinski definition) is 2. The molecule has 0 radical (unpaired) electrons. The third-order valence-electron chi connectivity index (χ3n) is 2.00. The highest BCUT2D eigenvalue weighted by Gasteiger charge is 2.07.